The van der Waals surface area contributed by atoms with E-state index < -0.39 is 0 Å². The Labute approximate surface area is 126 Å². The molecule has 0 spiro atoms. The lowest BCUT2D eigenvalue weighted by Crippen LogP contribution is -2.28. The molecular formula is C17H24N4. The highest BCUT2D eigenvalue weighted by Gasteiger charge is 2.24. The molecule has 1 fully saturated rings. The van der Waals surface area contributed by atoms with Crippen molar-refractivity contribution in [3.8, 4) is 0 Å². The van der Waals surface area contributed by atoms with Gasteiger partial charge in [-0.3, -0.25) is 0 Å². The van der Waals surface area contributed by atoms with E-state index in [1.807, 2.05) is 13.2 Å². The second kappa shape index (κ2) is 6.39. The molecule has 0 radical (unpaired) electrons. The third kappa shape index (κ3) is 3.50. The molecule has 4 heteroatoms. The molecular weight excluding hydrogens is 260 g/mol. The van der Waals surface area contributed by atoms with Crippen molar-refractivity contribution in [1.29, 1.82) is 0 Å². The molecule has 1 aromatic carbocycles. The lowest BCUT2D eigenvalue weighted by molar-refractivity contribution is 0.253. The van der Waals surface area contributed by atoms with E-state index in [2.05, 4.69) is 52.8 Å². The fourth-order valence-corrected chi connectivity index (χ4v) is 2.99. The van der Waals surface area contributed by atoms with Gasteiger partial charge < -0.3 is 5.32 Å². The van der Waals surface area contributed by atoms with E-state index in [0.29, 0.717) is 6.04 Å². The average Bonchev–Trinajstić information content (AvgIpc) is 2.89. The van der Waals surface area contributed by atoms with E-state index in [-0.39, 0.29) is 6.04 Å². The molecule has 0 saturated heterocycles. The van der Waals surface area contributed by atoms with Crippen molar-refractivity contribution >= 4 is 0 Å². The van der Waals surface area contributed by atoms with Crippen LogP contribution in [0.4, 0.5) is 0 Å². The van der Waals surface area contributed by atoms with E-state index in [1.54, 1.807) is 4.80 Å². The second-order valence-corrected chi connectivity index (χ2v) is 6.14. The Kier molecular flexibility index (Phi) is 4.34. The quantitative estimate of drug-likeness (QED) is 0.884. The Morgan fingerprint density at radius 2 is 2.05 bits per heavy atom. The summed E-state index contributed by atoms with van der Waals surface area (Å²) in [7, 11) is 1.86. The maximum Gasteiger partial charge on any atom is 0.0993 e. The van der Waals surface area contributed by atoms with Crippen LogP contribution in [0.25, 0.3) is 0 Å². The normalized spacial score (nSPS) is 18.2. The Morgan fingerprint density at radius 3 is 2.62 bits per heavy atom. The molecule has 1 aliphatic rings. The summed E-state index contributed by atoms with van der Waals surface area (Å²) in [4.78, 5) is 1.62. The monoisotopic (exact) mass is 284 g/mol. The van der Waals surface area contributed by atoms with Gasteiger partial charge in [-0.25, -0.2) is 0 Å². The maximum atomic E-state index is 4.41. The molecule has 2 aromatic rings. The van der Waals surface area contributed by atoms with Crippen molar-refractivity contribution in [2.75, 3.05) is 0 Å². The van der Waals surface area contributed by atoms with Gasteiger partial charge in [0.25, 0.3) is 0 Å². The Bertz CT molecular complexity index is 559. The fraction of sp³-hybridized carbons (Fsp3) is 0.529. The molecule has 4 nitrogen and oxygen atoms in total. The summed E-state index contributed by atoms with van der Waals surface area (Å²) in [5.41, 5.74) is 2.38. The molecule has 0 bridgehead atoms. The smallest absolute Gasteiger partial charge is 0.0993 e. The summed E-state index contributed by atoms with van der Waals surface area (Å²) in [5.74, 6) is 0.872. The van der Waals surface area contributed by atoms with Gasteiger partial charge in [0.1, 0.15) is 0 Å². The SMILES string of the molecule is C[C@H](N[C@H](CC1CCC1)c1ccccc1)c1cnn(C)n1. The standard InChI is InChI=1S/C17H24N4/c1-13(17-12-18-21(2)20-17)19-16(11-14-7-6-8-14)15-9-4-3-5-10-15/h3-5,9-10,12-14,16,19H,6-8,11H2,1-2H3/t13-,16+/m0/s1. The van der Waals surface area contributed by atoms with Crippen LogP contribution in [0.3, 0.4) is 0 Å². The average molecular weight is 284 g/mol. The first-order valence-electron chi connectivity index (χ1n) is 7.89. The molecule has 0 unspecified atom stereocenters. The van der Waals surface area contributed by atoms with Crippen molar-refractivity contribution in [3.05, 3.63) is 47.8 Å². The van der Waals surface area contributed by atoms with Crippen LogP contribution in [-0.2, 0) is 7.05 Å². The van der Waals surface area contributed by atoms with Crippen molar-refractivity contribution < 1.29 is 0 Å². The summed E-state index contributed by atoms with van der Waals surface area (Å²) in [6.07, 6.45) is 7.22. The van der Waals surface area contributed by atoms with Gasteiger partial charge in [-0.05, 0) is 24.8 Å². The molecule has 1 aliphatic carbocycles. The van der Waals surface area contributed by atoms with Gasteiger partial charge >= 0.3 is 0 Å². The third-order valence-electron chi connectivity index (χ3n) is 4.51. The minimum Gasteiger partial charge on any atom is -0.302 e. The van der Waals surface area contributed by atoms with Crippen LogP contribution in [0.2, 0.25) is 0 Å². The molecule has 0 aliphatic heterocycles. The van der Waals surface area contributed by atoms with Crippen LogP contribution < -0.4 is 5.32 Å². The summed E-state index contributed by atoms with van der Waals surface area (Å²) in [5, 5.41) is 12.3. The van der Waals surface area contributed by atoms with Gasteiger partial charge in [0.2, 0.25) is 0 Å². The molecule has 21 heavy (non-hydrogen) atoms. The molecule has 2 atom stereocenters. The first-order valence-corrected chi connectivity index (χ1v) is 7.89. The van der Waals surface area contributed by atoms with Crippen LogP contribution in [0, 0.1) is 5.92 Å². The predicted octanol–water partition coefficient (Wildman–Crippen LogP) is 3.40. The first kappa shape index (κ1) is 14.3. The number of nitrogens with one attached hydrogen (secondary N) is 1. The van der Waals surface area contributed by atoms with Gasteiger partial charge in [-0.2, -0.15) is 15.0 Å². The lowest BCUT2D eigenvalue weighted by Gasteiger charge is -2.31. The third-order valence-corrected chi connectivity index (χ3v) is 4.51. The van der Waals surface area contributed by atoms with Crippen LogP contribution in [0.1, 0.15) is 55.9 Å². The van der Waals surface area contributed by atoms with Crippen LogP contribution in [0.15, 0.2) is 36.5 Å². The van der Waals surface area contributed by atoms with Crippen molar-refractivity contribution in [3.63, 3.8) is 0 Å². The van der Waals surface area contributed by atoms with Crippen molar-refractivity contribution in [1.82, 2.24) is 20.3 Å². The van der Waals surface area contributed by atoms with E-state index in [1.165, 1.54) is 31.2 Å². The number of aromatic nitrogens is 3. The van der Waals surface area contributed by atoms with E-state index in [9.17, 15) is 0 Å². The van der Waals surface area contributed by atoms with E-state index >= 15 is 0 Å². The topological polar surface area (TPSA) is 42.7 Å². The van der Waals surface area contributed by atoms with Gasteiger partial charge in [-0.1, -0.05) is 49.6 Å². The summed E-state index contributed by atoms with van der Waals surface area (Å²) < 4.78 is 0. The molecule has 3 rings (SSSR count). The summed E-state index contributed by atoms with van der Waals surface area (Å²) in [6, 6.07) is 11.4. The highest BCUT2D eigenvalue weighted by Crippen LogP contribution is 2.35. The zero-order valence-electron chi connectivity index (χ0n) is 12.9. The number of hydrogen-bond donors (Lipinski definition) is 1. The lowest BCUT2D eigenvalue weighted by atomic mass is 9.79. The second-order valence-electron chi connectivity index (χ2n) is 6.14. The molecule has 0 amide bonds. The molecule has 1 heterocycles. The van der Waals surface area contributed by atoms with Crippen LogP contribution in [0.5, 0.6) is 0 Å². The highest BCUT2D eigenvalue weighted by atomic mass is 15.4. The zero-order chi connectivity index (χ0) is 14.7. The highest BCUT2D eigenvalue weighted by molar-refractivity contribution is 5.19. The Balaban J connectivity index is 1.72. The first-order chi connectivity index (χ1) is 10.2. The van der Waals surface area contributed by atoms with Gasteiger partial charge in [0, 0.05) is 13.1 Å². The Hall–Kier alpha value is -1.68. The Morgan fingerprint density at radius 1 is 1.29 bits per heavy atom. The van der Waals surface area contributed by atoms with Gasteiger partial charge in [0.15, 0.2) is 0 Å². The predicted molar refractivity (Wildman–Crippen MR) is 83.7 cm³/mol. The molecule has 1 N–H and O–H groups in total. The summed E-state index contributed by atoms with van der Waals surface area (Å²) >= 11 is 0. The minimum atomic E-state index is 0.212. The summed E-state index contributed by atoms with van der Waals surface area (Å²) in [6.45, 7) is 2.17. The zero-order valence-corrected chi connectivity index (χ0v) is 12.9. The molecule has 112 valence electrons. The molecule has 1 aromatic heterocycles. The maximum absolute atomic E-state index is 4.41. The minimum absolute atomic E-state index is 0.212. The number of aryl methyl sites for hydroxylation is 1. The fourth-order valence-electron chi connectivity index (χ4n) is 2.99. The van der Waals surface area contributed by atoms with Crippen LogP contribution in [-0.4, -0.2) is 15.0 Å². The van der Waals surface area contributed by atoms with Crippen LogP contribution >= 0.6 is 0 Å². The number of hydrogen-bond acceptors (Lipinski definition) is 3. The molecule has 1 saturated carbocycles. The number of benzene rings is 1. The van der Waals surface area contributed by atoms with Gasteiger partial charge in [0.05, 0.1) is 17.9 Å². The number of nitrogens with zero attached hydrogens (tertiary/aromatic N) is 3. The van der Waals surface area contributed by atoms with E-state index in [0.717, 1.165) is 11.6 Å². The van der Waals surface area contributed by atoms with Crippen molar-refractivity contribution in [2.45, 2.75) is 44.7 Å². The largest absolute Gasteiger partial charge is 0.302 e. The van der Waals surface area contributed by atoms with E-state index in [4.69, 9.17) is 0 Å². The number of rotatable bonds is 6. The van der Waals surface area contributed by atoms with Crippen molar-refractivity contribution in [2.24, 2.45) is 13.0 Å². The van der Waals surface area contributed by atoms with Gasteiger partial charge in [-0.15, -0.1) is 0 Å².